The molecule has 2 aromatic carbocycles. The molecule has 0 radical (unpaired) electrons. The van der Waals surface area contributed by atoms with Crippen LogP contribution in [0.1, 0.15) is 24.0 Å². The summed E-state index contributed by atoms with van der Waals surface area (Å²) in [4.78, 5) is 0. The lowest BCUT2D eigenvalue weighted by molar-refractivity contribution is 0.127. The minimum Gasteiger partial charge on any atom is -0.508 e. The van der Waals surface area contributed by atoms with E-state index in [9.17, 15) is 18.6 Å². The third-order valence-corrected chi connectivity index (χ3v) is 7.56. The summed E-state index contributed by atoms with van der Waals surface area (Å²) >= 11 is 0. The summed E-state index contributed by atoms with van der Waals surface area (Å²) in [6.45, 7) is 0. The molecule has 5 rings (SSSR count). The van der Waals surface area contributed by atoms with Crippen molar-refractivity contribution < 1.29 is 27.6 Å². The predicted molar refractivity (Wildman–Crippen MR) is 117 cm³/mol. The second kappa shape index (κ2) is 7.67. The summed E-state index contributed by atoms with van der Waals surface area (Å²) in [5, 5.41) is 18.5. The molecule has 2 N–H and O–H groups in total. The first kappa shape index (κ1) is 20.1. The minimum absolute atomic E-state index is 0.128. The van der Waals surface area contributed by atoms with Crippen LogP contribution in [0.5, 0.6) is 11.5 Å². The first-order chi connectivity index (χ1) is 14.9. The fourth-order valence-electron chi connectivity index (χ4n) is 4.49. The van der Waals surface area contributed by atoms with Crippen LogP contribution in [0.4, 0.5) is 0 Å². The van der Waals surface area contributed by atoms with Gasteiger partial charge in [-0.2, -0.15) is 8.42 Å². The van der Waals surface area contributed by atoms with E-state index in [2.05, 4.69) is 0 Å². The molecular weight excluding hydrogens is 416 g/mol. The Hall–Kier alpha value is -2.87. The number of allylic oxidation sites excluding steroid dienone is 2. The Kier molecular flexibility index (Phi) is 4.97. The van der Waals surface area contributed by atoms with E-state index in [1.165, 1.54) is 0 Å². The molecule has 0 unspecified atom stereocenters. The number of aromatic hydroxyl groups is 2. The van der Waals surface area contributed by atoms with Gasteiger partial charge in [-0.05, 0) is 59.4 Å². The smallest absolute Gasteiger partial charge is 0.274 e. The average molecular weight is 439 g/mol. The number of benzene rings is 2. The summed E-state index contributed by atoms with van der Waals surface area (Å²) in [6.07, 6.45) is 6.61. The van der Waals surface area contributed by atoms with Gasteiger partial charge in [0.05, 0.1) is 6.10 Å². The van der Waals surface area contributed by atoms with E-state index in [1.807, 2.05) is 12.2 Å². The van der Waals surface area contributed by atoms with Gasteiger partial charge in [0.15, 0.2) is 0 Å². The normalized spacial score (nSPS) is 25.5. The van der Waals surface area contributed by atoms with Crippen molar-refractivity contribution in [1.82, 2.24) is 0 Å². The number of hydrogen-bond donors (Lipinski definition) is 2. The molecule has 3 aliphatic rings. The van der Waals surface area contributed by atoms with Crippen molar-refractivity contribution in [3.05, 3.63) is 84.0 Å². The second-order valence-corrected chi connectivity index (χ2v) is 9.67. The van der Waals surface area contributed by atoms with E-state index in [1.54, 1.807) is 60.7 Å². The standard InChI is InChI=1S/C24H22O6S/c25-17-10-6-15(7-11-17)22-20-14-21(31(27,28)30-19-4-2-1-3-5-19)24(29-20)23(22)16-8-12-18(26)13-9-16/h2-13,19-21,24-26H,1,14H2/t20-,21+,24+/m0/s1. The van der Waals surface area contributed by atoms with Crippen LogP contribution in [0.25, 0.3) is 11.1 Å². The molecule has 6 nitrogen and oxygen atoms in total. The zero-order chi connectivity index (χ0) is 21.6. The van der Waals surface area contributed by atoms with E-state index in [4.69, 9.17) is 8.92 Å². The third-order valence-electron chi connectivity index (χ3n) is 5.89. The molecule has 2 heterocycles. The molecule has 0 amide bonds. The lowest BCUT2D eigenvalue weighted by Crippen LogP contribution is -2.35. The number of rotatable bonds is 5. The Bertz CT molecular complexity index is 1160. The van der Waals surface area contributed by atoms with Crippen molar-refractivity contribution in [3.63, 3.8) is 0 Å². The molecule has 1 saturated heterocycles. The van der Waals surface area contributed by atoms with Crippen LogP contribution in [-0.4, -0.2) is 42.2 Å². The molecular formula is C24H22O6S. The average Bonchev–Trinajstić information content (AvgIpc) is 3.35. The van der Waals surface area contributed by atoms with Crippen molar-refractivity contribution in [3.8, 4) is 11.5 Å². The van der Waals surface area contributed by atoms with E-state index < -0.39 is 33.7 Å². The van der Waals surface area contributed by atoms with Gasteiger partial charge in [0.1, 0.15) is 29.0 Å². The van der Waals surface area contributed by atoms with E-state index in [0.29, 0.717) is 6.42 Å². The highest BCUT2D eigenvalue weighted by Crippen LogP contribution is 2.51. The lowest BCUT2D eigenvalue weighted by Gasteiger charge is -2.25. The van der Waals surface area contributed by atoms with Crippen LogP contribution in [0, 0.1) is 0 Å². The summed E-state index contributed by atoms with van der Waals surface area (Å²) in [7, 11) is -3.90. The zero-order valence-electron chi connectivity index (χ0n) is 16.6. The highest BCUT2D eigenvalue weighted by molar-refractivity contribution is 7.87. The van der Waals surface area contributed by atoms with Crippen LogP contribution >= 0.6 is 0 Å². The third kappa shape index (κ3) is 3.69. The molecule has 0 spiro atoms. The molecule has 0 saturated carbocycles. The molecule has 2 aliphatic heterocycles. The zero-order valence-corrected chi connectivity index (χ0v) is 17.4. The molecule has 0 aromatic heterocycles. The van der Waals surface area contributed by atoms with Crippen molar-refractivity contribution in [1.29, 1.82) is 0 Å². The van der Waals surface area contributed by atoms with Crippen LogP contribution in [0.2, 0.25) is 0 Å². The van der Waals surface area contributed by atoms with Crippen molar-refractivity contribution in [2.45, 2.75) is 36.4 Å². The monoisotopic (exact) mass is 438 g/mol. The molecule has 160 valence electrons. The summed E-state index contributed by atoms with van der Waals surface area (Å²) in [5.41, 5.74) is 3.32. The Labute approximate surface area is 180 Å². The van der Waals surface area contributed by atoms with Crippen LogP contribution in [-0.2, 0) is 19.0 Å². The van der Waals surface area contributed by atoms with E-state index >= 15 is 0 Å². The number of fused-ring (bicyclic) bond motifs is 2. The van der Waals surface area contributed by atoms with Gasteiger partial charge in [-0.25, -0.2) is 0 Å². The summed E-state index contributed by atoms with van der Waals surface area (Å²) in [6, 6.07) is 13.4. The van der Waals surface area contributed by atoms with Gasteiger partial charge in [-0.1, -0.05) is 48.6 Å². The molecule has 31 heavy (non-hydrogen) atoms. The first-order valence-corrected chi connectivity index (χ1v) is 11.6. The highest BCUT2D eigenvalue weighted by atomic mass is 32.2. The van der Waals surface area contributed by atoms with Crippen LogP contribution in [0.15, 0.2) is 72.8 Å². The predicted octanol–water partition coefficient (Wildman–Crippen LogP) is 3.78. The number of phenols is 2. The minimum atomic E-state index is -3.90. The Morgan fingerprint density at radius 1 is 0.839 bits per heavy atom. The number of hydrogen-bond acceptors (Lipinski definition) is 6. The van der Waals surface area contributed by atoms with Gasteiger partial charge in [-0.3, -0.25) is 4.18 Å². The molecule has 2 aromatic rings. The lowest BCUT2D eigenvalue weighted by atomic mass is 9.83. The molecule has 1 aliphatic carbocycles. The molecule has 1 fully saturated rings. The highest BCUT2D eigenvalue weighted by Gasteiger charge is 2.53. The summed E-state index contributed by atoms with van der Waals surface area (Å²) in [5.74, 6) is 0.282. The quantitative estimate of drug-likeness (QED) is 0.545. The molecule has 2 bridgehead atoms. The Balaban J connectivity index is 1.55. The maximum atomic E-state index is 13.1. The number of phenolic OH excluding ortho intramolecular Hbond substituents is 2. The Morgan fingerprint density at radius 2 is 1.39 bits per heavy atom. The van der Waals surface area contributed by atoms with Crippen molar-refractivity contribution >= 4 is 21.3 Å². The first-order valence-electron chi connectivity index (χ1n) is 10.2. The largest absolute Gasteiger partial charge is 0.508 e. The number of ether oxygens (including phenoxy) is 1. The fourth-order valence-corrected chi connectivity index (χ4v) is 5.99. The van der Waals surface area contributed by atoms with Gasteiger partial charge >= 0.3 is 0 Å². The molecule has 3 atom stereocenters. The van der Waals surface area contributed by atoms with Crippen LogP contribution in [0.3, 0.4) is 0 Å². The SMILES string of the molecule is O=S(=O)(OC1C=CCC=C1)[C@@H]1C[C@@H]2O[C@H]1C(c1ccc(O)cc1)=C2c1ccc(O)cc1. The Morgan fingerprint density at radius 3 is 1.97 bits per heavy atom. The maximum Gasteiger partial charge on any atom is 0.274 e. The summed E-state index contributed by atoms with van der Waals surface area (Å²) < 4.78 is 37.9. The van der Waals surface area contributed by atoms with E-state index in [-0.39, 0.29) is 11.5 Å². The molecule has 7 heteroatoms. The van der Waals surface area contributed by atoms with Gasteiger partial charge in [0.25, 0.3) is 10.1 Å². The van der Waals surface area contributed by atoms with Crippen LogP contribution < -0.4 is 0 Å². The van der Waals surface area contributed by atoms with Crippen molar-refractivity contribution in [2.24, 2.45) is 0 Å². The van der Waals surface area contributed by atoms with Crippen molar-refractivity contribution in [2.75, 3.05) is 0 Å². The van der Waals surface area contributed by atoms with Gasteiger partial charge in [0, 0.05) is 0 Å². The fraction of sp³-hybridized carbons (Fsp3) is 0.250. The second-order valence-electron chi connectivity index (χ2n) is 7.89. The van der Waals surface area contributed by atoms with Gasteiger partial charge in [0.2, 0.25) is 0 Å². The van der Waals surface area contributed by atoms with Gasteiger partial charge < -0.3 is 14.9 Å². The van der Waals surface area contributed by atoms with E-state index in [0.717, 1.165) is 28.7 Å². The maximum absolute atomic E-state index is 13.1. The topological polar surface area (TPSA) is 93.1 Å². The van der Waals surface area contributed by atoms with Gasteiger partial charge in [-0.15, -0.1) is 0 Å².